The van der Waals surface area contributed by atoms with Gasteiger partial charge in [0.05, 0.1) is 18.8 Å². The summed E-state index contributed by atoms with van der Waals surface area (Å²) in [6.07, 6.45) is 6.41. The second kappa shape index (κ2) is 8.33. The molecule has 6 rings (SSSR count). The maximum Gasteiger partial charge on any atom is 0.171 e. The number of ether oxygens (including phenoxy) is 2. The first-order valence-corrected chi connectivity index (χ1v) is 13.8. The average Bonchev–Trinajstić information content (AvgIpc) is 3.40. The van der Waals surface area contributed by atoms with E-state index in [1.54, 1.807) is 0 Å². The predicted octanol–water partition coefficient (Wildman–Crippen LogP) is 4.78. The average molecular weight is 492 g/mol. The van der Waals surface area contributed by atoms with E-state index in [4.69, 9.17) is 9.47 Å². The second-order valence-electron chi connectivity index (χ2n) is 12.4. The van der Waals surface area contributed by atoms with Crippen LogP contribution in [0.5, 0.6) is 0 Å². The minimum Gasteiger partial charge on any atom is -0.385 e. The molecule has 4 aliphatic carbocycles. The van der Waals surface area contributed by atoms with Crippen LogP contribution in [0.1, 0.15) is 76.7 Å². The minimum atomic E-state index is -0.958. The van der Waals surface area contributed by atoms with Crippen molar-refractivity contribution in [2.24, 2.45) is 17.3 Å². The number of benzene rings is 1. The van der Waals surface area contributed by atoms with Crippen LogP contribution in [0.2, 0.25) is 0 Å². The van der Waals surface area contributed by atoms with Gasteiger partial charge < -0.3 is 24.6 Å². The normalized spacial score (nSPS) is 40.8. The molecule has 0 aromatic heterocycles. The molecule has 0 radical (unpaired) electrons. The Kier molecular flexibility index (Phi) is 5.67. The van der Waals surface area contributed by atoms with Gasteiger partial charge in [0, 0.05) is 44.0 Å². The van der Waals surface area contributed by atoms with E-state index in [1.165, 1.54) is 22.4 Å². The molecule has 1 spiro atoms. The summed E-state index contributed by atoms with van der Waals surface area (Å²) in [6.45, 7) is 5.36. The van der Waals surface area contributed by atoms with E-state index in [0.29, 0.717) is 31.5 Å². The highest BCUT2D eigenvalue weighted by Gasteiger charge is 2.64. The summed E-state index contributed by atoms with van der Waals surface area (Å²) in [6, 6.07) is 8.91. The molecule has 5 aliphatic rings. The Hall–Kier alpha value is -1.84. The lowest BCUT2D eigenvalue weighted by molar-refractivity contribution is -0.208. The van der Waals surface area contributed by atoms with Crippen molar-refractivity contribution in [2.45, 2.75) is 88.1 Å². The molecule has 4 fully saturated rings. The molecule has 1 aromatic rings. The first-order chi connectivity index (χ1) is 17.1. The highest BCUT2D eigenvalue weighted by Crippen LogP contribution is 2.67. The summed E-state index contributed by atoms with van der Waals surface area (Å²) in [5.41, 5.74) is 3.04. The molecule has 194 valence electrons. The topological polar surface area (TPSA) is 62.2 Å². The van der Waals surface area contributed by atoms with Gasteiger partial charge in [0.15, 0.2) is 5.79 Å². The van der Waals surface area contributed by atoms with Crippen molar-refractivity contribution in [3.8, 4) is 11.8 Å². The first-order valence-electron chi connectivity index (χ1n) is 13.8. The van der Waals surface area contributed by atoms with Crippen molar-refractivity contribution in [2.75, 3.05) is 32.2 Å². The largest absolute Gasteiger partial charge is 0.385 e. The molecular formula is C31H41NO4. The minimum absolute atomic E-state index is 0.164. The van der Waals surface area contributed by atoms with Crippen LogP contribution in [0.4, 0.5) is 5.69 Å². The molecule has 5 heteroatoms. The number of fused-ring (bicyclic) bond motifs is 4. The van der Waals surface area contributed by atoms with Crippen LogP contribution in [0.25, 0.3) is 0 Å². The molecule has 36 heavy (non-hydrogen) atoms. The van der Waals surface area contributed by atoms with Crippen LogP contribution in [0.3, 0.4) is 0 Å². The molecule has 1 heterocycles. The van der Waals surface area contributed by atoms with E-state index in [-0.39, 0.29) is 11.3 Å². The molecule has 0 unspecified atom stereocenters. The van der Waals surface area contributed by atoms with E-state index >= 15 is 0 Å². The van der Waals surface area contributed by atoms with Crippen LogP contribution in [-0.4, -0.2) is 54.5 Å². The maximum absolute atomic E-state index is 12.1. The zero-order valence-electron chi connectivity index (χ0n) is 22.3. The Morgan fingerprint density at radius 2 is 1.72 bits per heavy atom. The van der Waals surface area contributed by atoms with Crippen molar-refractivity contribution < 1.29 is 19.7 Å². The molecule has 0 amide bonds. The van der Waals surface area contributed by atoms with Gasteiger partial charge in [-0.15, -0.1) is 5.92 Å². The highest BCUT2D eigenvalue weighted by atomic mass is 16.7. The Morgan fingerprint density at radius 3 is 2.39 bits per heavy atom. The van der Waals surface area contributed by atoms with Gasteiger partial charge in [-0.1, -0.05) is 30.6 Å². The summed E-state index contributed by atoms with van der Waals surface area (Å²) in [5, 5.41) is 24.0. The van der Waals surface area contributed by atoms with E-state index < -0.39 is 17.0 Å². The fourth-order valence-corrected chi connectivity index (χ4v) is 8.73. The molecule has 5 nitrogen and oxygen atoms in total. The van der Waals surface area contributed by atoms with Crippen LogP contribution in [-0.2, 0) is 9.47 Å². The Morgan fingerprint density at radius 1 is 1.00 bits per heavy atom. The third-order valence-electron chi connectivity index (χ3n) is 10.5. The van der Waals surface area contributed by atoms with Gasteiger partial charge in [0.1, 0.15) is 5.60 Å². The van der Waals surface area contributed by atoms with Gasteiger partial charge in [-0.2, -0.15) is 0 Å². The van der Waals surface area contributed by atoms with Gasteiger partial charge in [-0.3, -0.25) is 0 Å². The lowest BCUT2D eigenvalue weighted by atomic mass is 9.49. The van der Waals surface area contributed by atoms with Gasteiger partial charge in [0.2, 0.25) is 0 Å². The summed E-state index contributed by atoms with van der Waals surface area (Å²) < 4.78 is 12.1. The Bertz CT molecular complexity index is 1120. The van der Waals surface area contributed by atoms with Crippen LogP contribution in [0.15, 0.2) is 35.4 Å². The number of rotatable bonds is 2. The SMILES string of the molecule is CC#C[C@@]1(O)CC[C@@H]2[C@H]3CC[C@]4(O)CC5(CCC4=C3[C@H](c3ccc(N(C)C)cc3)C[C@]21C)OCCO5. The molecule has 1 aromatic carbocycles. The van der Waals surface area contributed by atoms with Gasteiger partial charge in [0.25, 0.3) is 0 Å². The lowest BCUT2D eigenvalue weighted by Crippen LogP contribution is -2.55. The highest BCUT2D eigenvalue weighted by molar-refractivity contribution is 5.50. The summed E-state index contributed by atoms with van der Waals surface area (Å²) in [5.74, 6) is 6.58. The molecular weight excluding hydrogens is 450 g/mol. The Labute approximate surface area is 215 Å². The molecule has 6 atom stereocenters. The maximum atomic E-state index is 12.1. The lowest BCUT2D eigenvalue weighted by Gasteiger charge is -2.57. The van der Waals surface area contributed by atoms with Crippen molar-refractivity contribution >= 4 is 5.69 Å². The Balaban J connectivity index is 1.48. The molecule has 2 N–H and O–H groups in total. The third-order valence-corrected chi connectivity index (χ3v) is 10.5. The monoisotopic (exact) mass is 491 g/mol. The fourth-order valence-electron chi connectivity index (χ4n) is 8.73. The smallest absolute Gasteiger partial charge is 0.171 e. The van der Waals surface area contributed by atoms with Crippen LogP contribution in [0, 0.1) is 29.1 Å². The third kappa shape index (κ3) is 3.45. The predicted molar refractivity (Wildman–Crippen MR) is 141 cm³/mol. The molecule has 0 bridgehead atoms. The zero-order valence-corrected chi connectivity index (χ0v) is 22.3. The summed E-state index contributed by atoms with van der Waals surface area (Å²) in [7, 11) is 4.13. The van der Waals surface area contributed by atoms with E-state index in [0.717, 1.165) is 44.9 Å². The van der Waals surface area contributed by atoms with Gasteiger partial charge in [-0.05, 0) is 80.6 Å². The molecule has 3 saturated carbocycles. The quantitative estimate of drug-likeness (QED) is 0.461. The van der Waals surface area contributed by atoms with Crippen LogP contribution < -0.4 is 4.90 Å². The van der Waals surface area contributed by atoms with Crippen molar-refractivity contribution in [3.05, 3.63) is 41.0 Å². The van der Waals surface area contributed by atoms with E-state index in [9.17, 15) is 10.2 Å². The van der Waals surface area contributed by atoms with Crippen molar-refractivity contribution in [1.29, 1.82) is 0 Å². The number of nitrogens with zero attached hydrogens (tertiary/aromatic N) is 1. The van der Waals surface area contributed by atoms with Gasteiger partial charge in [-0.25, -0.2) is 0 Å². The van der Waals surface area contributed by atoms with Crippen LogP contribution >= 0.6 is 0 Å². The van der Waals surface area contributed by atoms with Crippen molar-refractivity contribution in [3.63, 3.8) is 0 Å². The first kappa shape index (κ1) is 24.5. The number of aliphatic hydroxyl groups is 2. The summed E-state index contributed by atoms with van der Waals surface area (Å²) >= 11 is 0. The molecule has 1 aliphatic heterocycles. The standard InChI is InChI=1S/C31H41NO4/c1-5-13-30(34)15-11-25-23-10-14-29(33)20-31(35-17-18-36-31)16-12-26(29)27(23)24(19-28(25,30)2)21-6-8-22(9-7-21)32(3)4/h6-9,23-25,33-34H,10-12,14-20H2,1-4H3/t23-,24+,25-,28-,29+,30-/m1/s1. The second-order valence-corrected chi connectivity index (χ2v) is 12.4. The fraction of sp³-hybridized carbons (Fsp3) is 0.677. The molecule has 1 saturated heterocycles. The number of allylic oxidation sites excluding steroid dienone is 1. The van der Waals surface area contributed by atoms with E-state index in [1.807, 2.05) is 6.92 Å². The summed E-state index contributed by atoms with van der Waals surface area (Å²) in [4.78, 5) is 2.13. The number of hydrogen-bond donors (Lipinski definition) is 2. The zero-order chi connectivity index (χ0) is 25.3. The number of anilines is 1. The van der Waals surface area contributed by atoms with E-state index in [2.05, 4.69) is 62.0 Å². The van der Waals surface area contributed by atoms with Crippen molar-refractivity contribution in [1.82, 2.24) is 0 Å². The number of hydrogen-bond acceptors (Lipinski definition) is 5. The van der Waals surface area contributed by atoms with Gasteiger partial charge >= 0.3 is 0 Å².